The third-order valence-corrected chi connectivity index (χ3v) is 8.60. The van der Waals surface area contributed by atoms with E-state index in [2.05, 4.69) is 9.88 Å². The van der Waals surface area contributed by atoms with E-state index < -0.39 is 15.1 Å². The van der Waals surface area contributed by atoms with Gasteiger partial charge in [-0.2, -0.15) is 0 Å². The minimum Gasteiger partial charge on any atom is -0.371 e. The highest BCUT2D eigenvalue weighted by molar-refractivity contribution is 8.45. The highest BCUT2D eigenvalue weighted by Crippen LogP contribution is 3.02. The van der Waals surface area contributed by atoms with Crippen LogP contribution in [0.15, 0.2) is 71.8 Å². The highest BCUT2D eigenvalue weighted by atomic mass is 32.5. The number of ketones is 1. The minimum absolute atomic E-state index is 0.0194. The van der Waals surface area contributed by atoms with Crippen LogP contribution < -0.4 is 4.90 Å². The molecular weight excluding hydrogens is 533 g/mol. The van der Waals surface area contributed by atoms with E-state index >= 15 is 0 Å². The Morgan fingerprint density at radius 1 is 0.897 bits per heavy atom. The Kier molecular flexibility index (Phi) is 6.33. The van der Waals surface area contributed by atoms with Gasteiger partial charge >= 0.3 is 10.2 Å². The van der Waals surface area contributed by atoms with Crippen LogP contribution in [0.4, 0.5) is 25.1 Å². The number of aryl methyl sites for hydroxylation is 3. The number of anilines is 1. The molecule has 0 N–H and O–H groups in total. The quantitative estimate of drug-likeness (QED) is 0.167. The number of hydrogen-bond acceptors (Lipinski definition) is 3. The predicted octanol–water partition coefficient (Wildman–Crippen LogP) is 8.81. The SMILES string of the molecule is Cc1ccc2nc(C)c(C(=O)CCc3ccc(N4CCC(c5ccc(S(F)(F)(F)(F)F)cc5)CC4)cc3)n2c1. The van der Waals surface area contributed by atoms with E-state index in [0.29, 0.717) is 62.2 Å². The third-order valence-electron chi connectivity index (χ3n) is 7.44. The molecule has 0 spiro atoms. The number of carbonyl (C=O) groups is 1. The number of benzene rings is 2. The fraction of sp³-hybridized carbons (Fsp3) is 0.310. The molecule has 0 aliphatic carbocycles. The Balaban J connectivity index is 1.17. The van der Waals surface area contributed by atoms with Gasteiger partial charge in [-0.1, -0.05) is 49.8 Å². The molecular formula is C29H30F5N3OS. The van der Waals surface area contributed by atoms with Crippen LogP contribution in [-0.4, -0.2) is 28.3 Å². The van der Waals surface area contributed by atoms with Crippen molar-refractivity contribution in [3.05, 3.63) is 94.9 Å². The van der Waals surface area contributed by atoms with Crippen LogP contribution in [-0.2, 0) is 6.42 Å². The summed E-state index contributed by atoms with van der Waals surface area (Å²) in [6, 6.07) is 15.3. The zero-order valence-electron chi connectivity index (χ0n) is 21.7. The number of pyridine rings is 1. The van der Waals surface area contributed by atoms with Gasteiger partial charge in [-0.15, -0.1) is 0 Å². The summed E-state index contributed by atoms with van der Waals surface area (Å²) in [5.41, 5.74) is 5.89. The molecule has 4 nitrogen and oxygen atoms in total. The van der Waals surface area contributed by atoms with Crippen LogP contribution >= 0.6 is 10.2 Å². The number of imidazole rings is 1. The number of halogens is 5. The second-order valence-electron chi connectivity index (χ2n) is 10.4. The van der Waals surface area contributed by atoms with Crippen LogP contribution in [0.3, 0.4) is 0 Å². The fourth-order valence-corrected chi connectivity index (χ4v) is 5.97. The van der Waals surface area contributed by atoms with Crippen molar-refractivity contribution in [2.75, 3.05) is 18.0 Å². The van der Waals surface area contributed by atoms with Gasteiger partial charge in [0.25, 0.3) is 0 Å². The maximum Gasteiger partial charge on any atom is 0.310 e. The van der Waals surface area contributed by atoms with Gasteiger partial charge in [-0.3, -0.25) is 9.20 Å². The van der Waals surface area contributed by atoms with Crippen molar-refractivity contribution in [1.29, 1.82) is 0 Å². The van der Waals surface area contributed by atoms with Crippen molar-refractivity contribution in [3.8, 4) is 0 Å². The molecule has 1 saturated heterocycles. The van der Waals surface area contributed by atoms with E-state index in [9.17, 15) is 24.2 Å². The lowest BCUT2D eigenvalue weighted by atomic mass is 9.89. The number of nitrogens with zero attached hydrogens (tertiary/aromatic N) is 3. The molecule has 10 heteroatoms. The Bertz CT molecular complexity index is 1520. The number of piperidine rings is 1. The second-order valence-corrected chi connectivity index (χ2v) is 12.8. The van der Waals surface area contributed by atoms with Crippen molar-refractivity contribution in [2.45, 2.75) is 50.3 Å². The van der Waals surface area contributed by atoms with Crippen LogP contribution in [0, 0.1) is 13.8 Å². The van der Waals surface area contributed by atoms with Gasteiger partial charge in [0.1, 0.15) is 16.2 Å². The molecule has 1 aliphatic heterocycles. The lowest BCUT2D eigenvalue weighted by Crippen LogP contribution is -2.32. The largest absolute Gasteiger partial charge is 0.371 e. The first kappa shape index (κ1) is 27.2. The lowest BCUT2D eigenvalue weighted by molar-refractivity contribution is 0.0976. The van der Waals surface area contributed by atoms with E-state index in [4.69, 9.17) is 0 Å². The molecule has 1 fully saturated rings. The second kappa shape index (κ2) is 9.08. The number of hydrogen-bond donors (Lipinski definition) is 0. The Morgan fingerprint density at radius 2 is 1.54 bits per heavy atom. The lowest BCUT2D eigenvalue weighted by Gasteiger charge is -2.40. The normalized spacial score (nSPS) is 16.7. The van der Waals surface area contributed by atoms with Gasteiger partial charge in [-0.05, 0) is 86.1 Å². The van der Waals surface area contributed by atoms with Gasteiger partial charge in [0.2, 0.25) is 0 Å². The molecule has 2 aromatic heterocycles. The summed E-state index contributed by atoms with van der Waals surface area (Å²) in [5.74, 6) is 0.0661. The molecule has 0 bridgehead atoms. The maximum absolute atomic E-state index is 13.0. The summed E-state index contributed by atoms with van der Waals surface area (Å²) >= 11 is 0. The Morgan fingerprint density at radius 3 is 2.15 bits per heavy atom. The van der Waals surface area contributed by atoms with Crippen LogP contribution in [0.1, 0.15) is 58.1 Å². The molecule has 208 valence electrons. The van der Waals surface area contributed by atoms with Gasteiger partial charge in [0.15, 0.2) is 5.78 Å². The summed E-state index contributed by atoms with van der Waals surface area (Å²) in [5, 5.41) is 0. The van der Waals surface area contributed by atoms with Crippen LogP contribution in [0.2, 0.25) is 0 Å². The van der Waals surface area contributed by atoms with E-state index in [1.807, 2.05) is 60.8 Å². The van der Waals surface area contributed by atoms with Crippen molar-refractivity contribution in [2.24, 2.45) is 0 Å². The smallest absolute Gasteiger partial charge is 0.310 e. The molecule has 0 atom stereocenters. The average Bonchev–Trinajstić information content (AvgIpc) is 3.21. The minimum atomic E-state index is -9.65. The molecule has 5 rings (SSSR count). The van der Waals surface area contributed by atoms with Crippen LogP contribution in [0.5, 0.6) is 0 Å². The topological polar surface area (TPSA) is 37.6 Å². The molecule has 0 saturated carbocycles. The Labute approximate surface area is 224 Å². The maximum atomic E-state index is 13.0. The van der Waals surface area contributed by atoms with E-state index in [1.54, 1.807) is 0 Å². The van der Waals surface area contributed by atoms with E-state index in [0.717, 1.165) is 28.2 Å². The molecule has 2 aromatic carbocycles. The van der Waals surface area contributed by atoms with Gasteiger partial charge in [-0.25, -0.2) is 4.98 Å². The third kappa shape index (κ3) is 5.95. The molecule has 1 aliphatic rings. The standard InChI is InChI=1S/C29H30F5N3OS/c1-20-3-14-28-35-21(2)29(37(28)19-20)27(38)13-6-22-4-9-25(10-5-22)36-17-15-24(16-18-36)23-7-11-26(12-8-23)39(30,31,32,33)34/h3-5,7-12,14,19,24H,6,13,15-18H2,1-2H3. The molecule has 0 amide bonds. The summed E-state index contributed by atoms with van der Waals surface area (Å²) < 4.78 is 66.9. The van der Waals surface area contributed by atoms with Crippen LogP contribution in [0.25, 0.3) is 5.65 Å². The predicted molar refractivity (Wildman–Crippen MR) is 146 cm³/mol. The van der Waals surface area contributed by atoms with Gasteiger partial charge in [0, 0.05) is 31.4 Å². The van der Waals surface area contributed by atoms with Crippen molar-refractivity contribution in [1.82, 2.24) is 9.38 Å². The van der Waals surface area contributed by atoms with Gasteiger partial charge in [0.05, 0.1) is 5.69 Å². The summed E-state index contributed by atoms with van der Waals surface area (Å²) in [7, 11) is -9.65. The Hall–Kier alpha value is -3.40. The fourth-order valence-electron chi connectivity index (χ4n) is 5.32. The van der Waals surface area contributed by atoms with Crippen molar-refractivity contribution >= 4 is 27.3 Å². The number of rotatable bonds is 7. The first-order valence-electron chi connectivity index (χ1n) is 12.8. The summed E-state index contributed by atoms with van der Waals surface area (Å²) in [6.45, 7) is 5.24. The van der Waals surface area contributed by atoms with E-state index in [-0.39, 0.29) is 11.7 Å². The molecule has 39 heavy (non-hydrogen) atoms. The molecule has 0 unspecified atom stereocenters. The molecule has 0 radical (unpaired) electrons. The highest BCUT2D eigenvalue weighted by Gasteiger charge is 2.65. The summed E-state index contributed by atoms with van der Waals surface area (Å²) in [4.78, 5) is 17.9. The van der Waals surface area contributed by atoms with Crippen molar-refractivity contribution < 1.29 is 24.2 Å². The zero-order chi connectivity index (χ0) is 28.1. The first-order chi connectivity index (χ1) is 18.2. The van der Waals surface area contributed by atoms with Gasteiger partial charge < -0.3 is 4.90 Å². The average molecular weight is 564 g/mol. The molecule has 4 aromatic rings. The molecule has 3 heterocycles. The first-order valence-corrected chi connectivity index (χ1v) is 14.8. The number of carbonyl (C=O) groups excluding carboxylic acids is 1. The monoisotopic (exact) mass is 563 g/mol. The number of Topliss-reactive ketones (excluding diaryl/α,β-unsaturated/α-hetero) is 1. The van der Waals surface area contributed by atoms with Crippen molar-refractivity contribution in [3.63, 3.8) is 0 Å². The summed E-state index contributed by atoms with van der Waals surface area (Å²) in [6.07, 6.45) is 4.33. The zero-order valence-corrected chi connectivity index (χ0v) is 22.5. The van der Waals surface area contributed by atoms with E-state index in [1.165, 1.54) is 12.1 Å². The number of fused-ring (bicyclic) bond motifs is 1. The number of aromatic nitrogens is 2.